The molecule has 2 aromatic carbocycles. The first kappa shape index (κ1) is 17.5. The molecule has 5 nitrogen and oxygen atoms in total. The first-order chi connectivity index (χ1) is 11.5. The van der Waals surface area contributed by atoms with Gasteiger partial charge in [0, 0.05) is 30.0 Å². The number of benzene rings is 2. The Morgan fingerprint density at radius 3 is 2.12 bits per heavy atom. The van der Waals surface area contributed by atoms with Crippen LogP contribution in [0, 0.1) is 5.92 Å². The molecule has 0 saturated carbocycles. The molecule has 2 rings (SSSR count). The Morgan fingerprint density at radius 2 is 1.54 bits per heavy atom. The van der Waals surface area contributed by atoms with Crippen molar-refractivity contribution >= 4 is 28.9 Å². The van der Waals surface area contributed by atoms with E-state index in [0.29, 0.717) is 0 Å². The third-order valence-electron chi connectivity index (χ3n) is 3.64. The predicted octanol–water partition coefficient (Wildman–Crippen LogP) is 3.36. The molecular weight excluding hydrogens is 302 g/mol. The second kappa shape index (κ2) is 8.15. The van der Waals surface area contributed by atoms with Gasteiger partial charge in [-0.15, -0.1) is 0 Å². The van der Waals surface area contributed by atoms with Crippen LogP contribution in [0.2, 0.25) is 0 Å². The van der Waals surface area contributed by atoms with Crippen LogP contribution in [0.4, 0.5) is 17.1 Å². The van der Waals surface area contributed by atoms with E-state index in [1.807, 2.05) is 68.4 Å². The Hall–Kier alpha value is -2.82. The number of nitrogens with zero attached hydrogens (tertiary/aromatic N) is 1. The number of carbonyl (C=O) groups is 2. The fourth-order valence-corrected chi connectivity index (χ4v) is 2.05. The molecule has 24 heavy (non-hydrogen) atoms. The third-order valence-corrected chi connectivity index (χ3v) is 3.64. The summed E-state index contributed by atoms with van der Waals surface area (Å²) in [6, 6.07) is 16.8. The average Bonchev–Trinajstić information content (AvgIpc) is 2.60. The van der Waals surface area contributed by atoms with Crippen LogP contribution in [0.5, 0.6) is 0 Å². The van der Waals surface area contributed by atoms with Crippen molar-refractivity contribution in [3.63, 3.8) is 0 Å². The molecular formula is C19H23N3O2. The van der Waals surface area contributed by atoms with Crippen molar-refractivity contribution < 1.29 is 9.59 Å². The van der Waals surface area contributed by atoms with Gasteiger partial charge >= 0.3 is 0 Å². The highest BCUT2D eigenvalue weighted by molar-refractivity contribution is 5.95. The predicted molar refractivity (Wildman–Crippen MR) is 98.3 cm³/mol. The van der Waals surface area contributed by atoms with Gasteiger partial charge in [0.2, 0.25) is 11.8 Å². The maximum Gasteiger partial charge on any atom is 0.246 e. The molecule has 2 aromatic rings. The Morgan fingerprint density at radius 1 is 0.958 bits per heavy atom. The van der Waals surface area contributed by atoms with Crippen molar-refractivity contribution in [3.8, 4) is 0 Å². The molecule has 2 amide bonds. The zero-order valence-corrected chi connectivity index (χ0v) is 14.2. The molecule has 0 unspecified atom stereocenters. The number of nitrogens with one attached hydrogen (secondary N) is 2. The number of hydrogen-bond donors (Lipinski definition) is 2. The van der Waals surface area contributed by atoms with Gasteiger partial charge in [0.05, 0.1) is 6.54 Å². The van der Waals surface area contributed by atoms with Crippen molar-refractivity contribution in [2.75, 3.05) is 29.1 Å². The summed E-state index contributed by atoms with van der Waals surface area (Å²) in [5.41, 5.74) is 2.43. The summed E-state index contributed by atoms with van der Waals surface area (Å²) in [7, 11) is 1.75. The van der Waals surface area contributed by atoms with Crippen molar-refractivity contribution in [1.82, 2.24) is 0 Å². The summed E-state index contributed by atoms with van der Waals surface area (Å²) in [5.74, 6) is -0.109. The molecule has 0 heterocycles. The molecule has 0 aliphatic heterocycles. The zero-order valence-electron chi connectivity index (χ0n) is 14.2. The van der Waals surface area contributed by atoms with Gasteiger partial charge < -0.3 is 15.5 Å². The quantitative estimate of drug-likeness (QED) is 0.856. The van der Waals surface area contributed by atoms with E-state index in [2.05, 4.69) is 10.6 Å². The average molecular weight is 325 g/mol. The molecule has 0 bridgehead atoms. The first-order valence-electron chi connectivity index (χ1n) is 7.94. The fraction of sp³-hybridized carbons (Fsp3) is 0.263. The highest BCUT2D eigenvalue weighted by Gasteiger charge is 2.10. The smallest absolute Gasteiger partial charge is 0.246 e. The highest BCUT2D eigenvalue weighted by Crippen LogP contribution is 2.15. The van der Waals surface area contributed by atoms with E-state index in [9.17, 15) is 9.59 Å². The van der Waals surface area contributed by atoms with E-state index in [1.54, 1.807) is 11.9 Å². The third kappa shape index (κ3) is 4.84. The Balaban J connectivity index is 1.88. The van der Waals surface area contributed by atoms with Gasteiger partial charge in [0.25, 0.3) is 0 Å². The Bertz CT molecular complexity index is 682. The van der Waals surface area contributed by atoms with Crippen LogP contribution in [-0.4, -0.2) is 25.4 Å². The fourth-order valence-electron chi connectivity index (χ4n) is 2.05. The number of amides is 2. The molecule has 0 fully saturated rings. The molecule has 0 spiro atoms. The normalized spacial score (nSPS) is 10.3. The van der Waals surface area contributed by atoms with Crippen LogP contribution >= 0.6 is 0 Å². The van der Waals surface area contributed by atoms with Gasteiger partial charge in [0.1, 0.15) is 0 Å². The number of carbonyl (C=O) groups excluding carboxylic acids is 2. The van der Waals surface area contributed by atoms with E-state index in [-0.39, 0.29) is 24.3 Å². The summed E-state index contributed by atoms with van der Waals surface area (Å²) in [6.45, 7) is 3.89. The maximum absolute atomic E-state index is 12.2. The Kier molecular flexibility index (Phi) is 5.95. The number of rotatable bonds is 6. The van der Waals surface area contributed by atoms with Gasteiger partial charge in [0.15, 0.2) is 0 Å². The summed E-state index contributed by atoms with van der Waals surface area (Å²) < 4.78 is 0. The van der Waals surface area contributed by atoms with Crippen LogP contribution < -0.4 is 15.5 Å². The number of likely N-dealkylation sites (N-methyl/N-ethyl adjacent to an activating group) is 1. The van der Waals surface area contributed by atoms with E-state index in [1.165, 1.54) is 0 Å². The van der Waals surface area contributed by atoms with Crippen LogP contribution in [0.25, 0.3) is 0 Å². The number of para-hydroxylation sites is 1. The first-order valence-corrected chi connectivity index (χ1v) is 7.94. The largest absolute Gasteiger partial charge is 0.376 e. The van der Waals surface area contributed by atoms with Crippen LogP contribution in [0.15, 0.2) is 54.6 Å². The van der Waals surface area contributed by atoms with E-state index in [4.69, 9.17) is 0 Å². The molecule has 5 heteroatoms. The summed E-state index contributed by atoms with van der Waals surface area (Å²) in [6.07, 6.45) is 0. The van der Waals surface area contributed by atoms with Crippen molar-refractivity contribution in [2.24, 2.45) is 5.92 Å². The van der Waals surface area contributed by atoms with Gasteiger partial charge in [-0.3, -0.25) is 9.59 Å². The lowest BCUT2D eigenvalue weighted by Gasteiger charge is -2.18. The molecule has 0 atom stereocenters. The second-order valence-corrected chi connectivity index (χ2v) is 5.86. The van der Waals surface area contributed by atoms with Crippen LogP contribution in [-0.2, 0) is 9.59 Å². The minimum Gasteiger partial charge on any atom is -0.376 e. The molecule has 0 aliphatic rings. The van der Waals surface area contributed by atoms with E-state index < -0.39 is 0 Å². The number of hydrogen-bond acceptors (Lipinski definition) is 3. The molecule has 126 valence electrons. The molecule has 0 saturated heterocycles. The van der Waals surface area contributed by atoms with E-state index in [0.717, 1.165) is 17.1 Å². The lowest BCUT2D eigenvalue weighted by molar-refractivity contribution is -0.119. The van der Waals surface area contributed by atoms with Crippen LogP contribution in [0.3, 0.4) is 0 Å². The second-order valence-electron chi connectivity index (χ2n) is 5.86. The summed E-state index contributed by atoms with van der Waals surface area (Å²) in [4.78, 5) is 25.5. The Labute approximate surface area is 142 Å². The van der Waals surface area contributed by atoms with Gasteiger partial charge in [-0.25, -0.2) is 0 Å². The van der Waals surface area contributed by atoms with Crippen molar-refractivity contribution in [2.45, 2.75) is 13.8 Å². The minimum absolute atomic E-state index is 0.0182. The standard InChI is InChI=1S/C19H23N3O2/c1-14(2)19(24)21-16-11-9-15(10-12-16)20-13-18(23)22(3)17-7-5-4-6-8-17/h4-12,14,20H,13H2,1-3H3,(H,21,24). The van der Waals surface area contributed by atoms with Crippen molar-refractivity contribution in [3.05, 3.63) is 54.6 Å². The van der Waals surface area contributed by atoms with E-state index >= 15 is 0 Å². The monoisotopic (exact) mass is 325 g/mol. The minimum atomic E-state index is -0.0612. The van der Waals surface area contributed by atoms with Crippen molar-refractivity contribution in [1.29, 1.82) is 0 Å². The molecule has 0 radical (unpaired) electrons. The highest BCUT2D eigenvalue weighted by atomic mass is 16.2. The zero-order chi connectivity index (χ0) is 17.5. The number of anilines is 3. The summed E-state index contributed by atoms with van der Waals surface area (Å²) >= 11 is 0. The SMILES string of the molecule is CC(C)C(=O)Nc1ccc(NCC(=O)N(C)c2ccccc2)cc1. The van der Waals surface area contributed by atoms with Gasteiger partial charge in [-0.1, -0.05) is 32.0 Å². The molecule has 2 N–H and O–H groups in total. The topological polar surface area (TPSA) is 61.4 Å². The summed E-state index contributed by atoms with van der Waals surface area (Å²) in [5, 5.41) is 5.93. The molecule has 0 aliphatic carbocycles. The lowest BCUT2D eigenvalue weighted by atomic mass is 10.2. The van der Waals surface area contributed by atoms with Gasteiger partial charge in [-0.05, 0) is 36.4 Å². The lowest BCUT2D eigenvalue weighted by Crippen LogP contribution is -2.32. The van der Waals surface area contributed by atoms with Gasteiger partial charge in [-0.2, -0.15) is 0 Å². The van der Waals surface area contributed by atoms with Crippen LogP contribution in [0.1, 0.15) is 13.8 Å². The molecule has 0 aromatic heterocycles. The maximum atomic E-state index is 12.2.